The summed E-state index contributed by atoms with van der Waals surface area (Å²) in [7, 11) is 0. The molecule has 0 amide bonds. The van der Waals surface area contributed by atoms with E-state index in [2.05, 4.69) is 123 Å². The number of ether oxygens (including phenoxy) is 6. The summed E-state index contributed by atoms with van der Waals surface area (Å²) in [6.07, 6.45) is 39.9. The number of hydrogen-bond acceptors (Lipinski definition) is 14. The molecule has 0 saturated carbocycles. The molecule has 14 heteroatoms. The van der Waals surface area contributed by atoms with Crippen molar-refractivity contribution in [2.45, 2.75) is 184 Å². The molecular weight excluding hydrogens is 885 g/mol. The minimum absolute atomic E-state index is 0.000159. The summed E-state index contributed by atoms with van der Waals surface area (Å²) in [5.74, 6) is -0.476. The van der Waals surface area contributed by atoms with Crippen LogP contribution in [0.25, 0.3) is 0 Å². The smallest absolute Gasteiger partial charge is 0.306 e. The summed E-state index contributed by atoms with van der Waals surface area (Å²) < 4.78 is 34.1. The lowest BCUT2D eigenvalue weighted by Crippen LogP contribution is -2.61. The number of rotatable bonds is 37. The average molecular weight is 971 g/mol. The van der Waals surface area contributed by atoms with Crippen molar-refractivity contribution in [3.63, 3.8) is 0 Å². The van der Waals surface area contributed by atoms with Crippen molar-refractivity contribution in [3.8, 4) is 0 Å². The van der Waals surface area contributed by atoms with E-state index in [1.165, 1.54) is 0 Å². The Bertz CT molecular complexity index is 1600. The lowest BCUT2D eigenvalue weighted by Gasteiger charge is -2.42. The van der Waals surface area contributed by atoms with E-state index in [1.807, 2.05) is 12.2 Å². The molecule has 0 aliphatic carbocycles. The van der Waals surface area contributed by atoms with E-state index in [-0.39, 0.29) is 19.6 Å². The molecule has 390 valence electrons. The van der Waals surface area contributed by atoms with Gasteiger partial charge in [0, 0.05) is 13.0 Å². The zero-order chi connectivity index (χ0) is 50.2. The van der Waals surface area contributed by atoms with E-state index in [4.69, 9.17) is 28.4 Å². The van der Waals surface area contributed by atoms with Crippen LogP contribution in [0.15, 0.2) is 122 Å². The molecule has 11 atom stereocenters. The molecule has 0 spiro atoms. The molecule has 7 N–H and O–H groups in total. The number of esters is 1. The fraction of sp³-hybridized carbons (Fsp3) is 0.618. The largest absolute Gasteiger partial charge is 0.457 e. The number of unbranched alkanes of at least 4 members (excludes halogenated alkanes) is 3. The Hall–Kier alpha value is -3.61. The number of aliphatic hydroxyl groups is 7. The highest BCUT2D eigenvalue weighted by molar-refractivity contribution is 5.69. The fourth-order valence-corrected chi connectivity index (χ4v) is 6.95. The highest BCUT2D eigenvalue weighted by atomic mass is 16.7. The minimum Gasteiger partial charge on any atom is -0.457 e. The average Bonchev–Trinajstić information content (AvgIpc) is 3.35. The Morgan fingerprint density at radius 1 is 0.478 bits per heavy atom. The van der Waals surface area contributed by atoms with Gasteiger partial charge in [0.15, 0.2) is 12.6 Å². The van der Waals surface area contributed by atoms with Gasteiger partial charge in [0.25, 0.3) is 0 Å². The molecule has 0 bridgehead atoms. The van der Waals surface area contributed by atoms with Crippen LogP contribution >= 0.6 is 0 Å². The molecule has 0 aromatic rings. The second kappa shape index (κ2) is 41.1. The highest BCUT2D eigenvalue weighted by Gasteiger charge is 2.47. The van der Waals surface area contributed by atoms with Gasteiger partial charge in [0.1, 0.15) is 54.9 Å². The van der Waals surface area contributed by atoms with Gasteiger partial charge in [0.2, 0.25) is 0 Å². The minimum atomic E-state index is -1.73. The van der Waals surface area contributed by atoms with Crippen LogP contribution in [0.2, 0.25) is 0 Å². The zero-order valence-electron chi connectivity index (χ0n) is 41.2. The van der Waals surface area contributed by atoms with Gasteiger partial charge in [-0.2, -0.15) is 0 Å². The molecule has 2 fully saturated rings. The zero-order valence-corrected chi connectivity index (χ0v) is 41.2. The van der Waals surface area contributed by atoms with Gasteiger partial charge in [-0.3, -0.25) is 4.79 Å². The maximum Gasteiger partial charge on any atom is 0.306 e. The lowest BCUT2D eigenvalue weighted by molar-refractivity contribution is -0.332. The molecule has 0 radical (unpaired) electrons. The summed E-state index contributed by atoms with van der Waals surface area (Å²) in [6, 6.07) is 0. The van der Waals surface area contributed by atoms with Crippen molar-refractivity contribution < 1.29 is 69.0 Å². The fourth-order valence-electron chi connectivity index (χ4n) is 6.95. The molecular formula is C55H86O14. The third-order valence-corrected chi connectivity index (χ3v) is 11.0. The monoisotopic (exact) mass is 971 g/mol. The summed E-state index contributed by atoms with van der Waals surface area (Å²) in [4.78, 5) is 13.0. The van der Waals surface area contributed by atoms with Crippen molar-refractivity contribution in [2.75, 3.05) is 33.0 Å². The van der Waals surface area contributed by atoms with E-state index in [0.29, 0.717) is 13.0 Å². The Labute approximate surface area is 412 Å². The quantitative estimate of drug-likeness (QED) is 0.0184. The first-order valence-corrected chi connectivity index (χ1v) is 25.1. The topological polar surface area (TPSA) is 214 Å². The van der Waals surface area contributed by atoms with Gasteiger partial charge in [-0.25, -0.2) is 0 Å². The molecule has 2 heterocycles. The molecule has 69 heavy (non-hydrogen) atoms. The van der Waals surface area contributed by atoms with Gasteiger partial charge < -0.3 is 64.2 Å². The number of carbonyl (C=O) groups is 1. The van der Waals surface area contributed by atoms with Gasteiger partial charge in [-0.15, -0.1) is 0 Å². The number of allylic oxidation sites excluding steroid dienone is 20. The Balaban J connectivity index is 1.84. The first kappa shape index (κ1) is 61.5. The molecule has 0 aromatic carbocycles. The first-order chi connectivity index (χ1) is 33.6. The summed E-state index contributed by atoms with van der Waals surface area (Å²) >= 11 is 0. The van der Waals surface area contributed by atoms with Gasteiger partial charge >= 0.3 is 5.97 Å². The Morgan fingerprint density at radius 2 is 0.899 bits per heavy atom. The molecule has 2 aliphatic rings. The van der Waals surface area contributed by atoms with Crippen molar-refractivity contribution in [1.29, 1.82) is 0 Å². The maximum atomic E-state index is 13.0. The van der Waals surface area contributed by atoms with Crippen LogP contribution in [-0.2, 0) is 33.2 Å². The summed E-state index contributed by atoms with van der Waals surface area (Å²) in [5.41, 5.74) is 0. The maximum absolute atomic E-state index is 13.0. The van der Waals surface area contributed by atoms with Crippen LogP contribution in [-0.4, -0.2) is 142 Å². The Morgan fingerprint density at radius 3 is 1.38 bits per heavy atom. The highest BCUT2D eigenvalue weighted by Crippen LogP contribution is 2.26. The second-order valence-corrected chi connectivity index (χ2v) is 16.9. The van der Waals surface area contributed by atoms with Crippen LogP contribution in [0, 0.1) is 0 Å². The molecule has 2 aliphatic heterocycles. The summed E-state index contributed by atoms with van der Waals surface area (Å²) in [6.45, 7) is 3.23. The van der Waals surface area contributed by atoms with Crippen LogP contribution in [0.3, 0.4) is 0 Å². The third kappa shape index (κ3) is 28.7. The molecule has 0 aromatic heterocycles. The second-order valence-electron chi connectivity index (χ2n) is 16.9. The third-order valence-electron chi connectivity index (χ3n) is 11.0. The molecule has 2 rings (SSSR count). The number of hydrogen-bond donors (Lipinski definition) is 7. The van der Waals surface area contributed by atoms with Crippen LogP contribution < -0.4 is 0 Å². The van der Waals surface area contributed by atoms with E-state index in [9.17, 15) is 40.5 Å². The van der Waals surface area contributed by atoms with Crippen LogP contribution in [0.4, 0.5) is 0 Å². The molecule has 11 unspecified atom stereocenters. The summed E-state index contributed by atoms with van der Waals surface area (Å²) in [5, 5.41) is 72.1. The molecule has 2 saturated heterocycles. The van der Waals surface area contributed by atoms with Crippen molar-refractivity contribution in [3.05, 3.63) is 122 Å². The van der Waals surface area contributed by atoms with Crippen molar-refractivity contribution in [1.82, 2.24) is 0 Å². The number of aliphatic hydroxyl groups excluding tert-OH is 7. The van der Waals surface area contributed by atoms with Crippen molar-refractivity contribution >= 4 is 5.97 Å². The van der Waals surface area contributed by atoms with Gasteiger partial charge in [-0.05, 0) is 89.9 Å². The van der Waals surface area contributed by atoms with Gasteiger partial charge in [0.05, 0.1) is 26.4 Å². The first-order valence-electron chi connectivity index (χ1n) is 25.1. The Kier molecular flexibility index (Phi) is 36.6. The SMILES string of the molecule is CC/C=C\C/C=C\C/C=C\C/C=C\C/C=C\C/C=C\CCC(=O)OC(COCCCCC/C=C\C/C=C\C/C=C\C/C=C\CC)COC1OC(COC2OC(CO)C(O)C(O)C2O)C(O)C(O)C1O. The van der Waals surface area contributed by atoms with Gasteiger partial charge in [-0.1, -0.05) is 142 Å². The van der Waals surface area contributed by atoms with E-state index in [0.717, 1.165) is 89.9 Å². The standard InChI is InChI=1S/C55H86O14/c1-3-5-7-9-11-13-15-17-19-21-22-23-24-26-28-30-32-34-36-38-47(57)67-44(41-64-39-37-35-33-31-29-27-25-20-18-16-14-12-10-8-6-4-2)42-65-54-53(63)51(61)49(59)46(69-54)43-66-55-52(62)50(60)48(58)45(40-56)68-55/h5-8,11-14,17-20,22-23,26-29,32,34,44-46,48-56,58-63H,3-4,9-10,15-16,21,24-25,30-31,33,35-43H2,1-2H3/b7-5-,8-6-,13-11-,14-12-,19-17-,20-18-,23-22-,28-26-,29-27-,34-32-. The van der Waals surface area contributed by atoms with E-state index >= 15 is 0 Å². The number of carbonyl (C=O) groups excluding carboxylic acids is 1. The normalized spacial score (nSPS) is 26.7. The van der Waals surface area contributed by atoms with E-state index < -0.39 is 86.7 Å². The molecule has 14 nitrogen and oxygen atoms in total. The predicted octanol–water partition coefficient (Wildman–Crippen LogP) is 7.40. The van der Waals surface area contributed by atoms with Crippen molar-refractivity contribution in [2.24, 2.45) is 0 Å². The van der Waals surface area contributed by atoms with Crippen LogP contribution in [0.5, 0.6) is 0 Å². The lowest BCUT2D eigenvalue weighted by atomic mass is 9.98. The predicted molar refractivity (Wildman–Crippen MR) is 270 cm³/mol. The van der Waals surface area contributed by atoms with Crippen LogP contribution in [0.1, 0.15) is 117 Å². The van der Waals surface area contributed by atoms with E-state index in [1.54, 1.807) is 0 Å².